The minimum atomic E-state index is -0.116. The monoisotopic (exact) mass is 281 g/mol. The van der Waals surface area contributed by atoms with Crippen molar-refractivity contribution in [2.24, 2.45) is 0 Å². The van der Waals surface area contributed by atoms with Gasteiger partial charge < -0.3 is 15.0 Å². The topological polar surface area (TPSA) is 72.3 Å². The van der Waals surface area contributed by atoms with Crippen molar-refractivity contribution in [2.45, 2.75) is 39.0 Å². The Morgan fingerprint density at radius 3 is 2.95 bits per heavy atom. The summed E-state index contributed by atoms with van der Waals surface area (Å²) in [6.45, 7) is 6.71. The zero-order chi connectivity index (χ0) is 14.5. The van der Waals surface area contributed by atoms with Crippen LogP contribution >= 0.6 is 0 Å². The lowest BCUT2D eigenvalue weighted by Crippen LogP contribution is -2.43. The summed E-state index contributed by atoms with van der Waals surface area (Å²) in [6.07, 6.45) is 2.64. The fourth-order valence-electron chi connectivity index (χ4n) is 2.57. The second kappa shape index (κ2) is 6.81. The quantitative estimate of drug-likeness (QED) is 0.806. The van der Waals surface area contributed by atoms with Gasteiger partial charge in [-0.1, -0.05) is 5.21 Å². The number of likely N-dealkylation sites (N-methyl/N-ethyl adjacent to an activating group) is 1. The second-order valence-corrected chi connectivity index (χ2v) is 4.98. The van der Waals surface area contributed by atoms with Crippen LogP contribution in [0.15, 0.2) is 6.20 Å². The van der Waals surface area contributed by atoms with Crippen molar-refractivity contribution in [1.29, 1.82) is 0 Å². The molecule has 1 fully saturated rings. The van der Waals surface area contributed by atoms with Crippen LogP contribution in [-0.2, 0) is 16.1 Å². The molecule has 20 heavy (non-hydrogen) atoms. The number of hydrogen-bond donors (Lipinski definition) is 1. The molecule has 0 aliphatic carbocycles. The number of amides is 1. The Labute approximate surface area is 119 Å². The largest absolute Gasteiger partial charge is 0.378 e. The third-order valence-corrected chi connectivity index (χ3v) is 3.70. The zero-order valence-electron chi connectivity index (χ0n) is 12.4. The maximum atomic E-state index is 12.3. The van der Waals surface area contributed by atoms with Gasteiger partial charge in [0.15, 0.2) is 0 Å². The fraction of sp³-hybridized carbons (Fsp3) is 0.769. The van der Waals surface area contributed by atoms with E-state index in [0.29, 0.717) is 6.61 Å². The maximum Gasteiger partial charge on any atom is 0.239 e. The molecule has 7 nitrogen and oxygen atoms in total. The highest BCUT2D eigenvalue weighted by Crippen LogP contribution is 2.20. The molecule has 7 heteroatoms. The highest BCUT2D eigenvalue weighted by atomic mass is 16.5. The Bertz CT molecular complexity index is 444. The van der Waals surface area contributed by atoms with Crippen LogP contribution in [0, 0.1) is 0 Å². The molecule has 112 valence electrons. The smallest absolute Gasteiger partial charge is 0.239 e. The van der Waals surface area contributed by atoms with E-state index in [-0.39, 0.29) is 18.0 Å². The Balaban J connectivity index is 1.95. The van der Waals surface area contributed by atoms with Gasteiger partial charge in [0, 0.05) is 26.7 Å². The summed E-state index contributed by atoms with van der Waals surface area (Å²) in [6, 6.07) is 0.0626. The molecular weight excluding hydrogens is 258 g/mol. The maximum absolute atomic E-state index is 12.3. The molecule has 1 aromatic heterocycles. The van der Waals surface area contributed by atoms with E-state index in [9.17, 15) is 4.79 Å². The number of nitrogens with one attached hydrogen (secondary N) is 1. The van der Waals surface area contributed by atoms with Crippen molar-refractivity contribution < 1.29 is 9.53 Å². The molecule has 0 spiro atoms. The number of methoxy groups -OCH3 is 1. The SMILES string of the molecule is CCN(CC)C(=O)[C@@H]1C[C@@H](n2cc(COC)nn2)CN1. The molecule has 0 saturated carbocycles. The van der Waals surface area contributed by atoms with Gasteiger partial charge in [0.25, 0.3) is 0 Å². The third kappa shape index (κ3) is 3.16. The summed E-state index contributed by atoms with van der Waals surface area (Å²) in [5.74, 6) is 0.176. The van der Waals surface area contributed by atoms with E-state index in [1.165, 1.54) is 0 Å². The van der Waals surface area contributed by atoms with E-state index in [1.807, 2.05) is 29.6 Å². The van der Waals surface area contributed by atoms with Gasteiger partial charge in [-0.25, -0.2) is 4.68 Å². The van der Waals surface area contributed by atoms with E-state index in [2.05, 4.69) is 15.6 Å². The fourth-order valence-corrected chi connectivity index (χ4v) is 2.57. The average molecular weight is 281 g/mol. The number of hydrogen-bond acceptors (Lipinski definition) is 5. The number of rotatable bonds is 6. The molecule has 1 aromatic rings. The highest BCUT2D eigenvalue weighted by molar-refractivity contribution is 5.82. The van der Waals surface area contributed by atoms with Crippen molar-refractivity contribution in [3.8, 4) is 0 Å². The third-order valence-electron chi connectivity index (χ3n) is 3.70. The van der Waals surface area contributed by atoms with Gasteiger partial charge in [-0.3, -0.25) is 4.79 Å². The first kappa shape index (κ1) is 14.9. The number of carbonyl (C=O) groups excluding carboxylic acids is 1. The standard InChI is InChI=1S/C13H23N5O2/c1-4-17(5-2)13(19)12-6-11(7-14-12)18-8-10(9-20-3)15-16-18/h8,11-12,14H,4-7,9H2,1-3H3/t11-,12+/m1/s1. The number of nitrogens with zero attached hydrogens (tertiary/aromatic N) is 4. The molecule has 1 amide bonds. The molecule has 0 radical (unpaired) electrons. The zero-order valence-corrected chi connectivity index (χ0v) is 12.4. The number of carbonyl (C=O) groups is 1. The molecular formula is C13H23N5O2. The van der Waals surface area contributed by atoms with Crippen molar-refractivity contribution >= 4 is 5.91 Å². The first-order valence-corrected chi connectivity index (χ1v) is 7.11. The van der Waals surface area contributed by atoms with E-state index in [4.69, 9.17) is 4.74 Å². The van der Waals surface area contributed by atoms with Crippen LogP contribution in [0.1, 0.15) is 32.0 Å². The van der Waals surface area contributed by atoms with Gasteiger partial charge in [-0.15, -0.1) is 5.10 Å². The Hall–Kier alpha value is -1.47. The van der Waals surface area contributed by atoms with E-state index in [1.54, 1.807) is 7.11 Å². The van der Waals surface area contributed by atoms with Crippen molar-refractivity contribution in [3.63, 3.8) is 0 Å². The minimum absolute atomic E-state index is 0.116. The van der Waals surface area contributed by atoms with Gasteiger partial charge in [-0.2, -0.15) is 0 Å². The molecule has 1 aliphatic rings. The van der Waals surface area contributed by atoms with Gasteiger partial charge >= 0.3 is 0 Å². The van der Waals surface area contributed by atoms with Crippen molar-refractivity contribution in [2.75, 3.05) is 26.7 Å². The first-order chi connectivity index (χ1) is 9.69. The van der Waals surface area contributed by atoms with E-state index in [0.717, 1.165) is 31.7 Å². The highest BCUT2D eigenvalue weighted by Gasteiger charge is 2.32. The molecule has 1 saturated heterocycles. The minimum Gasteiger partial charge on any atom is -0.378 e. The lowest BCUT2D eigenvalue weighted by atomic mass is 10.1. The summed E-state index contributed by atoms with van der Waals surface area (Å²) in [7, 11) is 1.63. The lowest BCUT2D eigenvalue weighted by Gasteiger charge is -2.22. The van der Waals surface area contributed by atoms with Crippen LogP contribution in [-0.4, -0.2) is 58.6 Å². The predicted molar refractivity (Wildman–Crippen MR) is 74.1 cm³/mol. The molecule has 2 heterocycles. The second-order valence-electron chi connectivity index (χ2n) is 4.98. The normalized spacial score (nSPS) is 22.1. The van der Waals surface area contributed by atoms with E-state index >= 15 is 0 Å². The Morgan fingerprint density at radius 1 is 1.55 bits per heavy atom. The Morgan fingerprint density at radius 2 is 2.30 bits per heavy atom. The lowest BCUT2D eigenvalue weighted by molar-refractivity contribution is -0.132. The van der Waals surface area contributed by atoms with Gasteiger partial charge in [0.05, 0.1) is 24.9 Å². The summed E-state index contributed by atoms with van der Waals surface area (Å²) >= 11 is 0. The molecule has 2 rings (SSSR count). The Kier molecular flexibility index (Phi) is 5.08. The van der Waals surface area contributed by atoms with Crippen LogP contribution in [0.5, 0.6) is 0 Å². The molecule has 0 aromatic carbocycles. The van der Waals surface area contributed by atoms with Gasteiger partial charge in [0.1, 0.15) is 5.69 Å². The molecule has 1 N–H and O–H groups in total. The molecule has 1 aliphatic heterocycles. The van der Waals surface area contributed by atoms with Gasteiger partial charge in [-0.05, 0) is 20.3 Å². The summed E-state index contributed by atoms with van der Waals surface area (Å²) in [5, 5.41) is 11.5. The van der Waals surface area contributed by atoms with Crippen molar-refractivity contribution in [1.82, 2.24) is 25.2 Å². The summed E-state index contributed by atoms with van der Waals surface area (Å²) in [5.41, 5.74) is 0.811. The van der Waals surface area contributed by atoms with Crippen LogP contribution in [0.25, 0.3) is 0 Å². The summed E-state index contributed by atoms with van der Waals surface area (Å²) in [4.78, 5) is 14.1. The van der Waals surface area contributed by atoms with Gasteiger partial charge in [0.2, 0.25) is 5.91 Å². The number of aromatic nitrogens is 3. The van der Waals surface area contributed by atoms with Crippen LogP contribution < -0.4 is 5.32 Å². The average Bonchev–Trinajstić information content (AvgIpc) is 3.08. The first-order valence-electron chi connectivity index (χ1n) is 7.11. The van der Waals surface area contributed by atoms with Crippen LogP contribution in [0.3, 0.4) is 0 Å². The predicted octanol–water partition coefficient (Wildman–Crippen LogP) is 0.196. The molecule has 0 unspecified atom stereocenters. The van der Waals surface area contributed by atoms with E-state index < -0.39 is 0 Å². The number of ether oxygens (including phenoxy) is 1. The van der Waals surface area contributed by atoms with Crippen LogP contribution in [0.4, 0.5) is 0 Å². The van der Waals surface area contributed by atoms with Crippen LogP contribution in [0.2, 0.25) is 0 Å². The summed E-state index contributed by atoms with van der Waals surface area (Å²) < 4.78 is 6.86. The molecule has 2 atom stereocenters. The van der Waals surface area contributed by atoms with Crippen molar-refractivity contribution in [3.05, 3.63) is 11.9 Å². The molecule has 0 bridgehead atoms.